The highest BCUT2D eigenvalue weighted by molar-refractivity contribution is 5.83. The predicted molar refractivity (Wildman–Crippen MR) is 89.5 cm³/mol. The maximum Gasteiger partial charge on any atom is 0.315 e. The van der Waals surface area contributed by atoms with Gasteiger partial charge in [0.25, 0.3) is 0 Å². The van der Waals surface area contributed by atoms with Gasteiger partial charge in [0.05, 0.1) is 32.3 Å². The third kappa shape index (κ3) is 3.56. The minimum atomic E-state index is -1.13. The van der Waals surface area contributed by atoms with Crippen LogP contribution >= 0.6 is 0 Å². The molecular formula is C19H30O6. The van der Waals surface area contributed by atoms with E-state index in [1.165, 1.54) is 6.42 Å². The lowest BCUT2D eigenvalue weighted by molar-refractivity contribution is -0.219. The fourth-order valence-electron chi connectivity index (χ4n) is 5.16. The van der Waals surface area contributed by atoms with Crippen LogP contribution in [0.15, 0.2) is 0 Å². The molecule has 0 N–H and O–H groups in total. The molecule has 6 nitrogen and oxygen atoms in total. The maximum atomic E-state index is 12.9. The first-order valence-electron chi connectivity index (χ1n) is 9.61. The molecule has 1 heterocycles. The highest BCUT2D eigenvalue weighted by Gasteiger charge is 2.57. The van der Waals surface area contributed by atoms with Gasteiger partial charge in [0.15, 0.2) is 5.79 Å². The van der Waals surface area contributed by atoms with Crippen molar-refractivity contribution in [2.24, 2.45) is 29.6 Å². The fourth-order valence-corrected chi connectivity index (χ4v) is 5.16. The molecule has 1 saturated heterocycles. The van der Waals surface area contributed by atoms with Crippen LogP contribution in [0.25, 0.3) is 0 Å². The van der Waals surface area contributed by atoms with Crippen LogP contribution in [0.2, 0.25) is 0 Å². The number of fused-ring (bicyclic) bond motifs is 2. The molecule has 142 valence electrons. The Labute approximate surface area is 149 Å². The van der Waals surface area contributed by atoms with E-state index in [0.717, 1.165) is 19.3 Å². The summed E-state index contributed by atoms with van der Waals surface area (Å²) >= 11 is 0. The molecule has 3 rings (SSSR count). The normalized spacial score (nSPS) is 32.4. The standard InChI is InChI=1S/C19H30O6/c1-4-22-17(20)15(14-11-12-6-7-13(14)10-12)16(18(21)23-5-2)19(3)24-8-9-25-19/h12-16H,4-11H2,1-3H3. The molecule has 2 saturated carbocycles. The Kier molecular flexibility index (Phi) is 5.68. The van der Waals surface area contributed by atoms with E-state index >= 15 is 0 Å². The lowest BCUT2D eigenvalue weighted by Crippen LogP contribution is -2.51. The molecule has 1 aliphatic heterocycles. The summed E-state index contributed by atoms with van der Waals surface area (Å²) in [6.45, 7) is 6.70. The van der Waals surface area contributed by atoms with E-state index in [2.05, 4.69) is 0 Å². The second-order valence-electron chi connectivity index (χ2n) is 7.56. The zero-order valence-corrected chi connectivity index (χ0v) is 15.5. The van der Waals surface area contributed by atoms with Crippen molar-refractivity contribution in [3.05, 3.63) is 0 Å². The molecule has 6 heteroatoms. The Morgan fingerprint density at radius 2 is 1.68 bits per heavy atom. The molecule has 0 aromatic rings. The van der Waals surface area contributed by atoms with Crippen molar-refractivity contribution in [2.75, 3.05) is 26.4 Å². The van der Waals surface area contributed by atoms with E-state index in [9.17, 15) is 9.59 Å². The summed E-state index contributed by atoms with van der Waals surface area (Å²) in [5.41, 5.74) is 0. The number of rotatable bonds is 7. The molecule has 5 unspecified atom stereocenters. The van der Waals surface area contributed by atoms with Crippen molar-refractivity contribution in [3.8, 4) is 0 Å². The zero-order valence-electron chi connectivity index (χ0n) is 15.5. The number of carbonyl (C=O) groups is 2. The first-order chi connectivity index (χ1) is 12.0. The third-order valence-corrected chi connectivity index (χ3v) is 6.14. The minimum absolute atomic E-state index is 0.136. The number of hydrogen-bond acceptors (Lipinski definition) is 6. The average molecular weight is 354 g/mol. The smallest absolute Gasteiger partial charge is 0.315 e. The molecule has 0 spiro atoms. The van der Waals surface area contributed by atoms with Crippen molar-refractivity contribution < 1.29 is 28.5 Å². The van der Waals surface area contributed by atoms with Crippen molar-refractivity contribution >= 4 is 11.9 Å². The van der Waals surface area contributed by atoms with Crippen LogP contribution in [0.4, 0.5) is 0 Å². The highest BCUT2D eigenvalue weighted by Crippen LogP contribution is 2.54. The van der Waals surface area contributed by atoms with Gasteiger partial charge in [0.1, 0.15) is 5.92 Å². The topological polar surface area (TPSA) is 71.1 Å². The van der Waals surface area contributed by atoms with Crippen molar-refractivity contribution in [1.82, 2.24) is 0 Å². The van der Waals surface area contributed by atoms with Gasteiger partial charge in [0.2, 0.25) is 0 Å². The summed E-state index contributed by atoms with van der Waals surface area (Å²) in [5.74, 6) is -1.97. The Hall–Kier alpha value is -1.14. The summed E-state index contributed by atoms with van der Waals surface area (Å²) < 4.78 is 22.3. The van der Waals surface area contributed by atoms with Gasteiger partial charge in [-0.1, -0.05) is 6.42 Å². The molecule has 25 heavy (non-hydrogen) atoms. The first-order valence-corrected chi connectivity index (χ1v) is 9.61. The maximum absolute atomic E-state index is 12.9. The summed E-state index contributed by atoms with van der Waals surface area (Å²) in [6.07, 6.45) is 4.47. The molecule has 3 aliphatic rings. The quantitative estimate of drug-likeness (QED) is 0.654. The monoisotopic (exact) mass is 354 g/mol. The summed E-state index contributed by atoms with van der Waals surface area (Å²) in [6, 6.07) is 0. The van der Waals surface area contributed by atoms with E-state index < -0.39 is 23.6 Å². The Bertz CT molecular complexity index is 498. The largest absolute Gasteiger partial charge is 0.466 e. The molecule has 5 atom stereocenters. The van der Waals surface area contributed by atoms with Crippen LogP contribution in [-0.4, -0.2) is 44.2 Å². The molecule has 0 amide bonds. The van der Waals surface area contributed by atoms with Gasteiger partial charge in [-0.15, -0.1) is 0 Å². The number of hydrogen-bond donors (Lipinski definition) is 0. The average Bonchev–Trinajstić information content (AvgIpc) is 3.29. The van der Waals surface area contributed by atoms with Gasteiger partial charge in [-0.05, 0) is 57.8 Å². The zero-order chi connectivity index (χ0) is 18.0. The third-order valence-electron chi connectivity index (χ3n) is 6.14. The lowest BCUT2D eigenvalue weighted by Gasteiger charge is -2.39. The van der Waals surface area contributed by atoms with Crippen LogP contribution in [0, 0.1) is 29.6 Å². The van der Waals surface area contributed by atoms with Crippen molar-refractivity contribution in [3.63, 3.8) is 0 Å². The van der Waals surface area contributed by atoms with E-state index in [1.807, 2.05) is 0 Å². The second-order valence-corrected chi connectivity index (χ2v) is 7.56. The molecule has 3 fully saturated rings. The van der Waals surface area contributed by atoms with E-state index in [0.29, 0.717) is 31.7 Å². The van der Waals surface area contributed by atoms with Gasteiger partial charge < -0.3 is 18.9 Å². The summed E-state index contributed by atoms with van der Waals surface area (Å²) in [5, 5.41) is 0. The SMILES string of the molecule is CCOC(=O)C(C1CC2CCC1C2)C(C(=O)OCC)C1(C)OCCO1. The molecule has 0 radical (unpaired) electrons. The van der Waals surface area contributed by atoms with E-state index in [-0.39, 0.29) is 18.5 Å². The number of ether oxygens (including phenoxy) is 4. The van der Waals surface area contributed by atoms with Gasteiger partial charge >= 0.3 is 11.9 Å². The molecule has 2 aliphatic carbocycles. The summed E-state index contributed by atoms with van der Waals surface area (Å²) in [4.78, 5) is 25.8. The molecule has 2 bridgehead atoms. The molecular weight excluding hydrogens is 324 g/mol. The van der Waals surface area contributed by atoms with Crippen molar-refractivity contribution in [2.45, 2.75) is 52.2 Å². The van der Waals surface area contributed by atoms with Crippen LogP contribution in [0.1, 0.15) is 46.5 Å². The van der Waals surface area contributed by atoms with Gasteiger partial charge in [-0.2, -0.15) is 0 Å². The van der Waals surface area contributed by atoms with Crippen LogP contribution in [-0.2, 0) is 28.5 Å². The minimum Gasteiger partial charge on any atom is -0.466 e. The van der Waals surface area contributed by atoms with E-state index in [1.54, 1.807) is 20.8 Å². The Morgan fingerprint density at radius 3 is 2.20 bits per heavy atom. The first kappa shape index (κ1) is 18.6. The Balaban J connectivity index is 1.93. The summed E-state index contributed by atoms with van der Waals surface area (Å²) in [7, 11) is 0. The highest BCUT2D eigenvalue weighted by atomic mass is 16.7. The number of carbonyl (C=O) groups excluding carboxylic acids is 2. The molecule has 0 aromatic carbocycles. The van der Waals surface area contributed by atoms with Gasteiger partial charge in [0, 0.05) is 0 Å². The van der Waals surface area contributed by atoms with E-state index in [4.69, 9.17) is 18.9 Å². The predicted octanol–water partition coefficient (Wildman–Crippen LogP) is 2.54. The Morgan fingerprint density at radius 1 is 1.04 bits per heavy atom. The van der Waals surface area contributed by atoms with Crippen LogP contribution in [0.5, 0.6) is 0 Å². The van der Waals surface area contributed by atoms with Crippen molar-refractivity contribution in [1.29, 1.82) is 0 Å². The fraction of sp³-hybridized carbons (Fsp3) is 0.895. The second kappa shape index (κ2) is 7.62. The van der Waals surface area contributed by atoms with Gasteiger partial charge in [-0.25, -0.2) is 0 Å². The lowest BCUT2D eigenvalue weighted by atomic mass is 9.71. The molecule has 0 aromatic heterocycles. The van der Waals surface area contributed by atoms with Gasteiger partial charge in [-0.3, -0.25) is 9.59 Å². The van der Waals surface area contributed by atoms with Crippen LogP contribution in [0.3, 0.4) is 0 Å². The number of esters is 2. The van der Waals surface area contributed by atoms with Crippen LogP contribution < -0.4 is 0 Å².